The van der Waals surface area contributed by atoms with Crippen LogP contribution in [0.5, 0.6) is 0 Å². The molecule has 5 rings (SSSR count). The van der Waals surface area contributed by atoms with E-state index >= 15 is 0 Å². The van der Waals surface area contributed by atoms with Crippen LogP contribution in [-0.4, -0.2) is 26.5 Å². The molecule has 0 N–H and O–H groups in total. The average molecular weight is 484 g/mol. The van der Waals surface area contributed by atoms with Crippen LogP contribution < -0.4 is 11.2 Å². The molecule has 6 nitrogen and oxygen atoms in total. The highest BCUT2D eigenvalue weighted by molar-refractivity contribution is 7.18. The third-order valence-electron chi connectivity index (χ3n) is 5.91. The number of rotatable bonds is 3. The molecule has 0 spiro atoms. The van der Waals surface area contributed by atoms with E-state index in [2.05, 4.69) is 0 Å². The minimum absolute atomic E-state index is 0.0274. The number of amides is 1. The number of aromatic nitrogens is 2. The number of fused-ring (bicyclic) bond motifs is 3. The molecule has 0 atom stereocenters. The normalized spacial score (nSPS) is 13.4. The third-order valence-corrected chi connectivity index (χ3v) is 7.40. The van der Waals surface area contributed by atoms with Gasteiger partial charge >= 0.3 is 5.69 Å². The molecule has 4 aromatic rings. The van der Waals surface area contributed by atoms with Gasteiger partial charge in [-0.05, 0) is 53.9 Å². The highest BCUT2D eigenvalue weighted by Crippen LogP contribution is 2.33. The molecule has 1 aliphatic heterocycles. The fourth-order valence-corrected chi connectivity index (χ4v) is 5.68. The number of hydrogen-bond donors (Lipinski definition) is 0. The second kappa shape index (κ2) is 8.28. The monoisotopic (exact) mass is 483 g/mol. The van der Waals surface area contributed by atoms with Gasteiger partial charge in [0, 0.05) is 23.4 Å². The summed E-state index contributed by atoms with van der Waals surface area (Å²) in [5.74, 6) is -0.480. The lowest BCUT2D eigenvalue weighted by Gasteiger charge is -2.25. The molecule has 2 aromatic carbocycles. The Bertz CT molecular complexity index is 1500. The Morgan fingerprint density at radius 3 is 2.45 bits per heavy atom. The van der Waals surface area contributed by atoms with Crippen molar-refractivity contribution in [2.45, 2.75) is 26.4 Å². The lowest BCUT2D eigenvalue weighted by molar-refractivity contribution is -0.129. The first-order chi connectivity index (χ1) is 15.8. The second-order valence-corrected chi connectivity index (χ2v) is 9.51. The van der Waals surface area contributed by atoms with E-state index in [0.717, 1.165) is 20.6 Å². The molecule has 3 heterocycles. The Morgan fingerprint density at radius 1 is 1.09 bits per heavy atom. The second-order valence-electron chi connectivity index (χ2n) is 7.99. The van der Waals surface area contributed by atoms with Gasteiger partial charge in [0.25, 0.3) is 5.56 Å². The maximum atomic E-state index is 13.6. The zero-order chi connectivity index (χ0) is 23.3. The fraction of sp³-hybridized carbons (Fsp3) is 0.208. The number of nitrogens with zero attached hydrogens (tertiary/aromatic N) is 3. The van der Waals surface area contributed by atoms with Crippen molar-refractivity contribution in [3.8, 4) is 5.69 Å². The summed E-state index contributed by atoms with van der Waals surface area (Å²) < 4.78 is 16.2. The summed E-state index contributed by atoms with van der Waals surface area (Å²) >= 11 is 7.39. The predicted molar refractivity (Wildman–Crippen MR) is 127 cm³/mol. The number of thiophene rings is 1. The van der Waals surface area contributed by atoms with Crippen molar-refractivity contribution >= 4 is 39.1 Å². The summed E-state index contributed by atoms with van der Waals surface area (Å²) in [7, 11) is 0. The van der Waals surface area contributed by atoms with Crippen molar-refractivity contribution in [1.82, 2.24) is 14.0 Å². The number of benzene rings is 2. The third kappa shape index (κ3) is 3.79. The first-order valence-electron chi connectivity index (χ1n) is 10.4. The molecule has 1 aliphatic rings. The smallest absolute Gasteiger partial charge is 0.337 e. The molecule has 1 amide bonds. The maximum Gasteiger partial charge on any atom is 0.337 e. The number of carbonyl (C=O) groups excluding carboxylic acids is 1. The minimum atomic E-state index is -0.504. The summed E-state index contributed by atoms with van der Waals surface area (Å²) in [5.41, 5.74) is 1.10. The van der Waals surface area contributed by atoms with Crippen LogP contribution in [0, 0.1) is 5.82 Å². The van der Waals surface area contributed by atoms with Crippen LogP contribution in [0.3, 0.4) is 0 Å². The van der Waals surface area contributed by atoms with E-state index in [1.807, 2.05) is 12.1 Å². The van der Waals surface area contributed by atoms with E-state index in [-0.39, 0.29) is 12.5 Å². The van der Waals surface area contributed by atoms with Gasteiger partial charge in [0.15, 0.2) is 0 Å². The van der Waals surface area contributed by atoms with Crippen molar-refractivity contribution in [3.05, 3.63) is 96.2 Å². The molecule has 168 valence electrons. The lowest BCUT2D eigenvalue weighted by atomic mass is 10.1. The molecule has 0 bridgehead atoms. The molecule has 33 heavy (non-hydrogen) atoms. The maximum absolute atomic E-state index is 13.6. The molecule has 0 saturated carbocycles. The largest absolute Gasteiger partial charge is 0.337 e. The van der Waals surface area contributed by atoms with E-state index in [1.165, 1.54) is 42.5 Å². The first kappa shape index (κ1) is 21.6. The van der Waals surface area contributed by atoms with Gasteiger partial charge in [-0.2, -0.15) is 0 Å². The van der Waals surface area contributed by atoms with E-state index in [9.17, 15) is 18.8 Å². The summed E-state index contributed by atoms with van der Waals surface area (Å²) in [6.07, 6.45) is 0.534. The van der Waals surface area contributed by atoms with Crippen LogP contribution in [-0.2, 0) is 24.3 Å². The molecular weight excluding hydrogens is 465 g/mol. The standard InChI is InChI=1S/C24H19ClFN3O3S/c1-14(30)27-11-10-19-20(13-27)33-23-21(19)22(31)29(18-8-6-17(26)7-9-18)24(32)28(23)12-15-2-4-16(25)5-3-15/h2-9H,10-13H2,1H3. The van der Waals surface area contributed by atoms with Crippen LogP contribution in [0.1, 0.15) is 22.9 Å². The van der Waals surface area contributed by atoms with E-state index in [1.54, 1.807) is 21.6 Å². The van der Waals surface area contributed by atoms with Crippen LogP contribution >= 0.6 is 22.9 Å². The molecular formula is C24H19ClFN3O3S. The highest BCUT2D eigenvalue weighted by atomic mass is 35.5. The van der Waals surface area contributed by atoms with Gasteiger partial charge in [-0.15, -0.1) is 11.3 Å². The van der Waals surface area contributed by atoms with Crippen LogP contribution in [0.15, 0.2) is 58.1 Å². The zero-order valence-corrected chi connectivity index (χ0v) is 19.3. The molecule has 0 fully saturated rings. The van der Waals surface area contributed by atoms with Crippen molar-refractivity contribution < 1.29 is 9.18 Å². The molecule has 0 aliphatic carbocycles. The van der Waals surface area contributed by atoms with E-state index < -0.39 is 17.1 Å². The highest BCUT2D eigenvalue weighted by Gasteiger charge is 2.27. The van der Waals surface area contributed by atoms with Gasteiger partial charge in [0.1, 0.15) is 10.6 Å². The lowest BCUT2D eigenvalue weighted by Crippen LogP contribution is -2.39. The first-order valence-corrected chi connectivity index (χ1v) is 11.6. The van der Waals surface area contributed by atoms with Gasteiger partial charge in [-0.1, -0.05) is 23.7 Å². The Hall–Kier alpha value is -3.23. The quantitative estimate of drug-likeness (QED) is 0.443. The Kier molecular flexibility index (Phi) is 5.42. The van der Waals surface area contributed by atoms with Gasteiger partial charge in [0.2, 0.25) is 5.91 Å². The van der Waals surface area contributed by atoms with Gasteiger partial charge in [0.05, 0.1) is 24.2 Å². The van der Waals surface area contributed by atoms with E-state index in [4.69, 9.17) is 11.6 Å². The summed E-state index contributed by atoms with van der Waals surface area (Å²) in [6, 6.07) is 12.5. The fourth-order valence-electron chi connectivity index (χ4n) is 4.20. The van der Waals surface area contributed by atoms with Gasteiger partial charge in [-0.25, -0.2) is 13.8 Å². The predicted octanol–water partition coefficient (Wildman–Crippen LogP) is 3.96. The molecule has 0 radical (unpaired) electrons. The average Bonchev–Trinajstić information content (AvgIpc) is 3.18. The Morgan fingerprint density at radius 2 is 1.79 bits per heavy atom. The van der Waals surface area contributed by atoms with Crippen molar-refractivity contribution in [2.75, 3.05) is 6.54 Å². The van der Waals surface area contributed by atoms with Crippen molar-refractivity contribution in [2.24, 2.45) is 0 Å². The molecule has 2 aromatic heterocycles. The number of halogens is 2. The van der Waals surface area contributed by atoms with Crippen LogP contribution in [0.4, 0.5) is 4.39 Å². The van der Waals surface area contributed by atoms with E-state index in [0.29, 0.717) is 40.4 Å². The van der Waals surface area contributed by atoms with Crippen molar-refractivity contribution in [3.63, 3.8) is 0 Å². The summed E-state index contributed by atoms with van der Waals surface area (Å²) in [4.78, 5) is 42.3. The van der Waals surface area contributed by atoms with Gasteiger partial charge < -0.3 is 4.90 Å². The SMILES string of the molecule is CC(=O)N1CCc2c(sc3c2c(=O)n(-c2ccc(F)cc2)c(=O)n3Cc2ccc(Cl)cc2)C1. The molecule has 0 saturated heterocycles. The summed E-state index contributed by atoms with van der Waals surface area (Å²) in [5, 5.41) is 1.07. The van der Waals surface area contributed by atoms with Crippen LogP contribution in [0.2, 0.25) is 5.02 Å². The minimum Gasteiger partial charge on any atom is -0.337 e. The zero-order valence-electron chi connectivity index (χ0n) is 17.7. The Balaban J connectivity index is 1.78. The topological polar surface area (TPSA) is 64.3 Å². The Labute approximate surface area is 197 Å². The van der Waals surface area contributed by atoms with Crippen LogP contribution in [0.25, 0.3) is 15.9 Å². The molecule has 9 heteroatoms. The number of hydrogen-bond acceptors (Lipinski definition) is 4. The van der Waals surface area contributed by atoms with Crippen molar-refractivity contribution in [1.29, 1.82) is 0 Å². The number of carbonyl (C=O) groups is 1. The summed E-state index contributed by atoms with van der Waals surface area (Å²) in [6.45, 7) is 2.69. The van der Waals surface area contributed by atoms with Gasteiger partial charge in [-0.3, -0.25) is 14.2 Å². The molecule has 0 unspecified atom stereocenters.